The van der Waals surface area contributed by atoms with Gasteiger partial charge in [-0.25, -0.2) is 4.98 Å². The first kappa shape index (κ1) is 9.44. The molecule has 1 aromatic heterocycles. The predicted octanol–water partition coefficient (Wildman–Crippen LogP) is 2.03. The molecule has 3 heteroatoms. The number of rotatable bonds is 2. The molecule has 14 heavy (non-hydrogen) atoms. The van der Waals surface area contributed by atoms with Gasteiger partial charge in [0.05, 0.1) is 5.69 Å². The quantitative estimate of drug-likeness (QED) is 0.716. The van der Waals surface area contributed by atoms with Gasteiger partial charge in [0, 0.05) is 25.5 Å². The standard InChI is InChI=1S/C11H17N3/c1-2-10-11(13-7-6-12-10)14-8-4-3-5-9-14/h6-7H,2-5,8-9H2,1H3. The Labute approximate surface area is 85.2 Å². The van der Waals surface area contributed by atoms with E-state index in [2.05, 4.69) is 21.8 Å². The Hall–Kier alpha value is -1.12. The zero-order chi connectivity index (χ0) is 9.80. The van der Waals surface area contributed by atoms with Crippen molar-refractivity contribution in [2.75, 3.05) is 18.0 Å². The van der Waals surface area contributed by atoms with Crippen LogP contribution in [0.5, 0.6) is 0 Å². The van der Waals surface area contributed by atoms with E-state index in [4.69, 9.17) is 0 Å². The maximum atomic E-state index is 4.44. The van der Waals surface area contributed by atoms with Crippen molar-refractivity contribution < 1.29 is 0 Å². The minimum Gasteiger partial charge on any atom is -0.355 e. The van der Waals surface area contributed by atoms with Gasteiger partial charge in [0.25, 0.3) is 0 Å². The highest BCUT2D eigenvalue weighted by molar-refractivity contribution is 5.43. The Morgan fingerprint density at radius 2 is 1.86 bits per heavy atom. The average molecular weight is 191 g/mol. The van der Waals surface area contributed by atoms with E-state index in [-0.39, 0.29) is 0 Å². The van der Waals surface area contributed by atoms with Gasteiger partial charge >= 0.3 is 0 Å². The molecule has 0 aromatic carbocycles. The van der Waals surface area contributed by atoms with Gasteiger partial charge in [-0.3, -0.25) is 4.98 Å². The topological polar surface area (TPSA) is 29.0 Å². The minimum absolute atomic E-state index is 0.972. The van der Waals surface area contributed by atoms with E-state index in [0.29, 0.717) is 0 Å². The number of hydrogen-bond donors (Lipinski definition) is 0. The molecule has 0 unspecified atom stereocenters. The molecule has 0 saturated carbocycles. The monoisotopic (exact) mass is 191 g/mol. The van der Waals surface area contributed by atoms with Gasteiger partial charge < -0.3 is 4.90 Å². The molecule has 0 amide bonds. The van der Waals surface area contributed by atoms with Crippen LogP contribution in [0, 0.1) is 0 Å². The van der Waals surface area contributed by atoms with Gasteiger partial charge in [0.1, 0.15) is 5.82 Å². The van der Waals surface area contributed by atoms with Crippen molar-refractivity contribution in [1.29, 1.82) is 0 Å². The van der Waals surface area contributed by atoms with Crippen molar-refractivity contribution in [2.24, 2.45) is 0 Å². The second-order valence-corrected chi connectivity index (χ2v) is 3.73. The van der Waals surface area contributed by atoms with Crippen LogP contribution in [0.15, 0.2) is 12.4 Å². The lowest BCUT2D eigenvalue weighted by atomic mass is 10.1. The summed E-state index contributed by atoms with van der Waals surface area (Å²) in [6.07, 6.45) is 8.49. The van der Waals surface area contributed by atoms with Crippen molar-refractivity contribution in [3.8, 4) is 0 Å². The summed E-state index contributed by atoms with van der Waals surface area (Å²) in [5.74, 6) is 1.11. The maximum absolute atomic E-state index is 4.44. The fraction of sp³-hybridized carbons (Fsp3) is 0.636. The first-order valence-electron chi connectivity index (χ1n) is 5.46. The number of hydrogen-bond acceptors (Lipinski definition) is 3. The van der Waals surface area contributed by atoms with Gasteiger partial charge in [0.15, 0.2) is 0 Å². The molecule has 3 nitrogen and oxygen atoms in total. The van der Waals surface area contributed by atoms with Crippen LogP contribution in [0.3, 0.4) is 0 Å². The fourth-order valence-electron chi connectivity index (χ4n) is 1.98. The van der Waals surface area contributed by atoms with Crippen molar-refractivity contribution in [1.82, 2.24) is 9.97 Å². The Morgan fingerprint density at radius 3 is 2.57 bits per heavy atom. The number of piperidine rings is 1. The number of aryl methyl sites for hydroxylation is 1. The summed E-state index contributed by atoms with van der Waals surface area (Å²) in [5.41, 5.74) is 1.13. The molecule has 1 saturated heterocycles. The molecule has 2 rings (SSSR count). The lowest BCUT2D eigenvalue weighted by molar-refractivity contribution is 0.570. The number of aromatic nitrogens is 2. The van der Waals surface area contributed by atoms with E-state index in [9.17, 15) is 0 Å². The average Bonchev–Trinajstić information content (AvgIpc) is 2.30. The van der Waals surface area contributed by atoms with Crippen LogP contribution in [0.25, 0.3) is 0 Å². The molecule has 0 aliphatic carbocycles. The molecular weight excluding hydrogens is 174 g/mol. The maximum Gasteiger partial charge on any atom is 0.150 e. The number of nitrogens with zero attached hydrogens (tertiary/aromatic N) is 3. The van der Waals surface area contributed by atoms with Crippen molar-refractivity contribution >= 4 is 5.82 Å². The molecule has 76 valence electrons. The van der Waals surface area contributed by atoms with Crippen LogP contribution in [0.2, 0.25) is 0 Å². The Morgan fingerprint density at radius 1 is 1.14 bits per heavy atom. The van der Waals surface area contributed by atoms with Crippen LogP contribution >= 0.6 is 0 Å². The van der Waals surface area contributed by atoms with Gasteiger partial charge in [-0.1, -0.05) is 6.92 Å². The summed E-state index contributed by atoms with van der Waals surface area (Å²) < 4.78 is 0. The molecule has 1 aliphatic heterocycles. The SMILES string of the molecule is CCc1nccnc1N1CCCCC1. The van der Waals surface area contributed by atoms with E-state index < -0.39 is 0 Å². The fourth-order valence-corrected chi connectivity index (χ4v) is 1.98. The van der Waals surface area contributed by atoms with E-state index in [1.54, 1.807) is 12.4 Å². The molecule has 0 N–H and O–H groups in total. The minimum atomic E-state index is 0.972. The van der Waals surface area contributed by atoms with Crippen molar-refractivity contribution in [2.45, 2.75) is 32.6 Å². The Kier molecular flexibility index (Phi) is 2.96. The lowest BCUT2D eigenvalue weighted by Gasteiger charge is -2.28. The summed E-state index contributed by atoms with van der Waals surface area (Å²) in [5, 5.41) is 0. The molecule has 0 spiro atoms. The highest BCUT2D eigenvalue weighted by atomic mass is 15.2. The highest BCUT2D eigenvalue weighted by Gasteiger charge is 2.14. The van der Waals surface area contributed by atoms with Gasteiger partial charge in [-0.15, -0.1) is 0 Å². The van der Waals surface area contributed by atoms with Gasteiger partial charge in [0.2, 0.25) is 0 Å². The summed E-state index contributed by atoms with van der Waals surface area (Å²) in [6, 6.07) is 0. The third-order valence-electron chi connectivity index (χ3n) is 2.74. The van der Waals surface area contributed by atoms with Crippen molar-refractivity contribution in [3.05, 3.63) is 18.1 Å². The first-order valence-corrected chi connectivity index (χ1v) is 5.46. The molecular formula is C11H17N3. The summed E-state index contributed by atoms with van der Waals surface area (Å²) in [7, 11) is 0. The van der Waals surface area contributed by atoms with Crippen LogP contribution in [-0.2, 0) is 6.42 Å². The molecule has 1 fully saturated rings. The molecule has 1 aliphatic rings. The van der Waals surface area contributed by atoms with Crippen LogP contribution in [0.1, 0.15) is 31.9 Å². The lowest BCUT2D eigenvalue weighted by Crippen LogP contribution is -2.31. The van der Waals surface area contributed by atoms with E-state index >= 15 is 0 Å². The van der Waals surface area contributed by atoms with Gasteiger partial charge in [-0.2, -0.15) is 0 Å². The van der Waals surface area contributed by atoms with Crippen molar-refractivity contribution in [3.63, 3.8) is 0 Å². The summed E-state index contributed by atoms with van der Waals surface area (Å²) in [4.78, 5) is 11.2. The zero-order valence-corrected chi connectivity index (χ0v) is 8.74. The third kappa shape index (κ3) is 1.86. The zero-order valence-electron chi connectivity index (χ0n) is 8.74. The highest BCUT2D eigenvalue weighted by Crippen LogP contribution is 2.19. The second kappa shape index (κ2) is 4.40. The largest absolute Gasteiger partial charge is 0.355 e. The number of anilines is 1. The van der Waals surface area contributed by atoms with Crippen LogP contribution in [0.4, 0.5) is 5.82 Å². The van der Waals surface area contributed by atoms with Crippen LogP contribution < -0.4 is 4.90 Å². The molecule has 2 heterocycles. The molecule has 1 aromatic rings. The Bertz CT molecular complexity index is 292. The molecule has 0 bridgehead atoms. The summed E-state index contributed by atoms with van der Waals surface area (Å²) >= 11 is 0. The smallest absolute Gasteiger partial charge is 0.150 e. The van der Waals surface area contributed by atoms with Gasteiger partial charge in [-0.05, 0) is 25.7 Å². The van der Waals surface area contributed by atoms with E-state index in [1.807, 2.05) is 0 Å². The summed E-state index contributed by atoms with van der Waals surface area (Å²) in [6.45, 7) is 4.43. The van der Waals surface area contributed by atoms with E-state index in [0.717, 1.165) is 31.0 Å². The van der Waals surface area contributed by atoms with E-state index in [1.165, 1.54) is 19.3 Å². The third-order valence-corrected chi connectivity index (χ3v) is 2.74. The first-order chi connectivity index (χ1) is 6.92. The normalized spacial score (nSPS) is 17.1. The Balaban J connectivity index is 2.20. The second-order valence-electron chi connectivity index (χ2n) is 3.73. The molecule has 0 radical (unpaired) electrons. The predicted molar refractivity (Wildman–Crippen MR) is 57.5 cm³/mol. The van der Waals surface area contributed by atoms with Crippen LogP contribution in [-0.4, -0.2) is 23.1 Å². The molecule has 0 atom stereocenters.